The summed E-state index contributed by atoms with van der Waals surface area (Å²) in [7, 11) is 2.91. The molecule has 27 heavy (non-hydrogen) atoms. The van der Waals surface area contributed by atoms with Gasteiger partial charge in [0.1, 0.15) is 11.6 Å². The van der Waals surface area contributed by atoms with Crippen LogP contribution in [0.4, 0.5) is 23.1 Å². The van der Waals surface area contributed by atoms with Gasteiger partial charge in [0.2, 0.25) is 5.95 Å². The molecule has 0 aliphatic heterocycles. The van der Waals surface area contributed by atoms with Crippen LogP contribution >= 0.6 is 11.6 Å². The first-order chi connectivity index (χ1) is 13.1. The second-order valence-electron chi connectivity index (χ2n) is 5.43. The lowest BCUT2D eigenvalue weighted by Crippen LogP contribution is -2.03. The van der Waals surface area contributed by atoms with Gasteiger partial charge in [0, 0.05) is 16.9 Å². The number of aromatic nitrogens is 2. The SMILES string of the molecule is COC(=O)c1cccc(Nc2ccnc(Nc3cc(Cl)ccc3OC)n2)c1. The van der Waals surface area contributed by atoms with Gasteiger partial charge in [0.15, 0.2) is 0 Å². The molecule has 0 unspecified atom stereocenters. The van der Waals surface area contributed by atoms with E-state index in [1.165, 1.54) is 7.11 Å². The summed E-state index contributed by atoms with van der Waals surface area (Å²) in [5, 5.41) is 6.78. The first-order valence-electron chi connectivity index (χ1n) is 7.98. The highest BCUT2D eigenvalue weighted by Crippen LogP contribution is 2.29. The van der Waals surface area contributed by atoms with Gasteiger partial charge in [-0.1, -0.05) is 17.7 Å². The van der Waals surface area contributed by atoms with E-state index in [-0.39, 0.29) is 0 Å². The van der Waals surface area contributed by atoms with Crippen molar-refractivity contribution in [2.45, 2.75) is 0 Å². The molecule has 0 saturated heterocycles. The van der Waals surface area contributed by atoms with Gasteiger partial charge in [-0.2, -0.15) is 4.98 Å². The molecule has 2 N–H and O–H groups in total. The Balaban J connectivity index is 1.80. The van der Waals surface area contributed by atoms with Crippen LogP contribution in [0.3, 0.4) is 0 Å². The Morgan fingerprint density at radius 3 is 2.70 bits per heavy atom. The fourth-order valence-corrected chi connectivity index (χ4v) is 2.55. The van der Waals surface area contributed by atoms with Crippen molar-refractivity contribution in [3.8, 4) is 5.75 Å². The summed E-state index contributed by atoms with van der Waals surface area (Å²) in [6.07, 6.45) is 1.61. The van der Waals surface area contributed by atoms with Crippen molar-refractivity contribution in [2.24, 2.45) is 0 Å². The maximum absolute atomic E-state index is 11.7. The summed E-state index contributed by atoms with van der Waals surface area (Å²) in [6.45, 7) is 0. The number of carbonyl (C=O) groups excluding carboxylic acids is 1. The number of carbonyl (C=O) groups is 1. The lowest BCUT2D eigenvalue weighted by Gasteiger charge is -2.12. The van der Waals surface area contributed by atoms with E-state index in [1.54, 1.807) is 55.8 Å². The highest BCUT2D eigenvalue weighted by Gasteiger charge is 2.08. The van der Waals surface area contributed by atoms with Crippen molar-refractivity contribution in [1.82, 2.24) is 9.97 Å². The molecule has 0 amide bonds. The molecule has 1 heterocycles. The second kappa shape index (κ2) is 8.37. The monoisotopic (exact) mass is 384 g/mol. The largest absolute Gasteiger partial charge is 0.495 e. The molecule has 8 heteroatoms. The molecule has 138 valence electrons. The van der Waals surface area contributed by atoms with E-state index in [9.17, 15) is 4.79 Å². The Hall–Kier alpha value is -3.32. The summed E-state index contributed by atoms with van der Waals surface area (Å²) >= 11 is 6.04. The van der Waals surface area contributed by atoms with Crippen LogP contribution in [0.15, 0.2) is 54.7 Å². The molecule has 3 rings (SSSR count). The van der Waals surface area contributed by atoms with E-state index >= 15 is 0 Å². The molecule has 0 saturated carbocycles. The predicted octanol–water partition coefficient (Wildman–Crippen LogP) is 4.41. The van der Waals surface area contributed by atoms with Crippen molar-refractivity contribution in [3.05, 3.63) is 65.3 Å². The number of anilines is 4. The predicted molar refractivity (Wildman–Crippen MR) is 104 cm³/mol. The lowest BCUT2D eigenvalue weighted by molar-refractivity contribution is 0.0601. The zero-order valence-electron chi connectivity index (χ0n) is 14.7. The first-order valence-corrected chi connectivity index (χ1v) is 8.36. The quantitative estimate of drug-likeness (QED) is 0.608. The highest BCUT2D eigenvalue weighted by atomic mass is 35.5. The lowest BCUT2D eigenvalue weighted by atomic mass is 10.2. The van der Waals surface area contributed by atoms with Crippen LogP contribution in [0.1, 0.15) is 10.4 Å². The third-order valence-electron chi connectivity index (χ3n) is 3.62. The molecule has 0 aliphatic carbocycles. The van der Waals surface area contributed by atoms with Crippen LogP contribution in [-0.4, -0.2) is 30.2 Å². The van der Waals surface area contributed by atoms with Gasteiger partial charge in [-0.05, 0) is 42.5 Å². The fourth-order valence-electron chi connectivity index (χ4n) is 2.38. The van der Waals surface area contributed by atoms with Crippen molar-refractivity contribution < 1.29 is 14.3 Å². The molecular weight excluding hydrogens is 368 g/mol. The molecule has 0 atom stereocenters. The number of hydrogen-bond acceptors (Lipinski definition) is 7. The van der Waals surface area contributed by atoms with Gasteiger partial charge in [-0.3, -0.25) is 0 Å². The number of methoxy groups -OCH3 is 2. The molecule has 0 bridgehead atoms. The van der Waals surface area contributed by atoms with Crippen LogP contribution in [0.5, 0.6) is 5.75 Å². The molecule has 7 nitrogen and oxygen atoms in total. The van der Waals surface area contributed by atoms with Crippen LogP contribution in [0.25, 0.3) is 0 Å². The second-order valence-corrected chi connectivity index (χ2v) is 5.87. The normalized spacial score (nSPS) is 10.2. The average Bonchev–Trinajstić information content (AvgIpc) is 2.68. The van der Waals surface area contributed by atoms with Crippen molar-refractivity contribution in [2.75, 3.05) is 24.9 Å². The average molecular weight is 385 g/mol. The standard InChI is InChI=1S/C19H17ClN4O3/c1-26-16-7-6-13(20)11-15(16)23-19-21-9-8-17(24-19)22-14-5-3-4-12(10-14)18(25)27-2/h3-11H,1-2H3,(H2,21,22,23,24). The van der Waals surface area contributed by atoms with Crippen LogP contribution in [0, 0.1) is 0 Å². The fraction of sp³-hybridized carbons (Fsp3) is 0.105. The van der Waals surface area contributed by atoms with Crippen LogP contribution < -0.4 is 15.4 Å². The number of halogens is 1. The topological polar surface area (TPSA) is 85.4 Å². The van der Waals surface area contributed by atoms with Gasteiger partial charge in [-0.15, -0.1) is 0 Å². The van der Waals surface area contributed by atoms with E-state index in [1.807, 2.05) is 6.07 Å². The van der Waals surface area contributed by atoms with E-state index in [0.717, 1.165) is 0 Å². The van der Waals surface area contributed by atoms with Crippen molar-refractivity contribution >= 4 is 40.7 Å². The Morgan fingerprint density at radius 1 is 1.07 bits per heavy atom. The molecule has 0 radical (unpaired) electrons. The highest BCUT2D eigenvalue weighted by molar-refractivity contribution is 6.31. The summed E-state index contributed by atoms with van der Waals surface area (Å²) in [4.78, 5) is 20.3. The van der Waals surface area contributed by atoms with E-state index in [0.29, 0.717) is 39.5 Å². The smallest absolute Gasteiger partial charge is 0.337 e. The van der Waals surface area contributed by atoms with E-state index < -0.39 is 5.97 Å². The van der Waals surface area contributed by atoms with Gasteiger partial charge in [0.05, 0.1) is 25.5 Å². The number of rotatable bonds is 6. The minimum absolute atomic E-state index is 0.365. The maximum Gasteiger partial charge on any atom is 0.337 e. The van der Waals surface area contributed by atoms with Gasteiger partial charge in [0.25, 0.3) is 0 Å². The maximum atomic E-state index is 11.7. The van der Waals surface area contributed by atoms with Crippen molar-refractivity contribution in [3.63, 3.8) is 0 Å². The Labute approximate surface area is 161 Å². The molecule has 0 fully saturated rings. The van der Waals surface area contributed by atoms with Gasteiger partial charge in [-0.25, -0.2) is 9.78 Å². The number of ether oxygens (including phenoxy) is 2. The summed E-state index contributed by atoms with van der Waals surface area (Å²) in [5.41, 5.74) is 1.79. The third kappa shape index (κ3) is 4.65. The number of benzene rings is 2. The molecular formula is C19H17ClN4O3. The number of esters is 1. The van der Waals surface area contributed by atoms with Gasteiger partial charge >= 0.3 is 5.97 Å². The summed E-state index contributed by atoms with van der Waals surface area (Å²) in [6, 6.07) is 13.9. The Kier molecular flexibility index (Phi) is 5.73. The molecule has 3 aromatic rings. The number of hydrogen-bond donors (Lipinski definition) is 2. The Morgan fingerprint density at radius 2 is 1.93 bits per heavy atom. The summed E-state index contributed by atoms with van der Waals surface area (Å²) in [5.74, 6) is 1.13. The number of nitrogens with one attached hydrogen (secondary N) is 2. The van der Waals surface area contributed by atoms with Crippen LogP contribution in [0.2, 0.25) is 5.02 Å². The minimum Gasteiger partial charge on any atom is -0.495 e. The van der Waals surface area contributed by atoms with E-state index in [2.05, 4.69) is 20.6 Å². The minimum atomic E-state index is -0.406. The molecule has 1 aromatic heterocycles. The molecule has 0 aliphatic rings. The third-order valence-corrected chi connectivity index (χ3v) is 3.85. The summed E-state index contributed by atoms with van der Waals surface area (Å²) < 4.78 is 10.0. The molecule has 2 aromatic carbocycles. The van der Waals surface area contributed by atoms with Gasteiger partial charge < -0.3 is 20.1 Å². The van der Waals surface area contributed by atoms with E-state index in [4.69, 9.17) is 21.1 Å². The zero-order valence-corrected chi connectivity index (χ0v) is 15.4. The molecule has 0 spiro atoms. The number of nitrogens with zero attached hydrogens (tertiary/aromatic N) is 2. The first kappa shape index (κ1) is 18.5. The van der Waals surface area contributed by atoms with Crippen LogP contribution in [-0.2, 0) is 4.74 Å². The zero-order chi connectivity index (χ0) is 19.2. The van der Waals surface area contributed by atoms with Crippen molar-refractivity contribution in [1.29, 1.82) is 0 Å². The Bertz CT molecular complexity index is 965.